The minimum atomic E-state index is -0.635. The zero-order valence-corrected chi connectivity index (χ0v) is 11.8. The second-order valence-corrected chi connectivity index (χ2v) is 5.70. The quantitative estimate of drug-likeness (QED) is 0.894. The molecular formula is C15H20F2N2O. The Bertz CT molecular complexity index is 499. The summed E-state index contributed by atoms with van der Waals surface area (Å²) in [6.07, 6.45) is 1.76. The minimum Gasteiger partial charge on any atom is -0.349 e. The standard InChI is InChI=1S/C15H20F2N2O/c1-10(12-5-4-11(16)8-13(12)17)19-14(20)15(2)6-3-7-18-9-15/h4-5,8,10,18H,3,6-7,9H2,1-2H3,(H,19,20). The zero-order chi connectivity index (χ0) is 14.8. The number of rotatable bonds is 3. The summed E-state index contributed by atoms with van der Waals surface area (Å²) in [4.78, 5) is 12.3. The highest BCUT2D eigenvalue weighted by Crippen LogP contribution is 2.27. The van der Waals surface area contributed by atoms with Crippen molar-refractivity contribution in [1.82, 2.24) is 10.6 Å². The lowest BCUT2D eigenvalue weighted by molar-refractivity contribution is -0.131. The van der Waals surface area contributed by atoms with Gasteiger partial charge in [-0.2, -0.15) is 0 Å². The molecule has 0 aromatic heterocycles. The maximum atomic E-state index is 13.7. The van der Waals surface area contributed by atoms with E-state index in [0.29, 0.717) is 12.1 Å². The molecule has 2 N–H and O–H groups in total. The monoisotopic (exact) mass is 282 g/mol. The van der Waals surface area contributed by atoms with Crippen LogP contribution in [0.5, 0.6) is 0 Å². The van der Waals surface area contributed by atoms with Crippen LogP contribution in [0.1, 0.15) is 38.3 Å². The highest BCUT2D eigenvalue weighted by Gasteiger charge is 2.35. The molecule has 1 aliphatic rings. The van der Waals surface area contributed by atoms with Gasteiger partial charge in [0.05, 0.1) is 11.5 Å². The molecule has 2 atom stereocenters. The van der Waals surface area contributed by atoms with E-state index in [9.17, 15) is 13.6 Å². The van der Waals surface area contributed by atoms with Gasteiger partial charge in [0, 0.05) is 18.2 Å². The van der Waals surface area contributed by atoms with Crippen LogP contribution in [0.25, 0.3) is 0 Å². The first kappa shape index (κ1) is 14.9. The van der Waals surface area contributed by atoms with Gasteiger partial charge in [-0.3, -0.25) is 4.79 Å². The van der Waals surface area contributed by atoms with Crippen molar-refractivity contribution < 1.29 is 13.6 Å². The Morgan fingerprint density at radius 3 is 2.80 bits per heavy atom. The van der Waals surface area contributed by atoms with Crippen molar-refractivity contribution in [1.29, 1.82) is 0 Å². The van der Waals surface area contributed by atoms with Gasteiger partial charge in [-0.25, -0.2) is 8.78 Å². The highest BCUT2D eigenvalue weighted by molar-refractivity contribution is 5.83. The van der Waals surface area contributed by atoms with Crippen molar-refractivity contribution in [3.05, 3.63) is 35.4 Å². The second-order valence-electron chi connectivity index (χ2n) is 5.70. The molecule has 1 amide bonds. The fourth-order valence-electron chi connectivity index (χ4n) is 2.55. The molecule has 1 saturated heterocycles. The Morgan fingerprint density at radius 2 is 2.20 bits per heavy atom. The number of halogens is 2. The van der Waals surface area contributed by atoms with Crippen LogP contribution in [0.15, 0.2) is 18.2 Å². The third-order valence-corrected chi connectivity index (χ3v) is 3.92. The highest BCUT2D eigenvalue weighted by atomic mass is 19.1. The van der Waals surface area contributed by atoms with Gasteiger partial charge >= 0.3 is 0 Å². The van der Waals surface area contributed by atoms with Gasteiger partial charge in [-0.05, 0) is 39.3 Å². The average molecular weight is 282 g/mol. The number of carbonyl (C=O) groups excluding carboxylic acids is 1. The van der Waals surface area contributed by atoms with E-state index in [-0.39, 0.29) is 5.91 Å². The Labute approximate surface area is 117 Å². The molecule has 3 nitrogen and oxygen atoms in total. The van der Waals surface area contributed by atoms with Crippen molar-refractivity contribution in [2.45, 2.75) is 32.7 Å². The van der Waals surface area contributed by atoms with Crippen LogP contribution < -0.4 is 10.6 Å². The molecule has 1 fully saturated rings. The minimum absolute atomic E-state index is 0.0964. The van der Waals surface area contributed by atoms with Crippen LogP contribution in [-0.2, 0) is 4.79 Å². The SMILES string of the molecule is CC(NC(=O)C1(C)CCCNC1)c1ccc(F)cc1F. The van der Waals surface area contributed by atoms with E-state index in [1.165, 1.54) is 12.1 Å². The molecule has 0 radical (unpaired) electrons. The maximum Gasteiger partial charge on any atom is 0.227 e. The Hall–Kier alpha value is -1.49. The van der Waals surface area contributed by atoms with E-state index in [2.05, 4.69) is 10.6 Å². The molecule has 1 heterocycles. The van der Waals surface area contributed by atoms with Crippen LogP contribution >= 0.6 is 0 Å². The Morgan fingerprint density at radius 1 is 1.45 bits per heavy atom. The van der Waals surface area contributed by atoms with Crippen LogP contribution in [0.2, 0.25) is 0 Å². The van der Waals surface area contributed by atoms with E-state index in [4.69, 9.17) is 0 Å². The first-order chi connectivity index (χ1) is 9.42. The number of amides is 1. The largest absolute Gasteiger partial charge is 0.349 e. The Balaban J connectivity index is 2.07. The topological polar surface area (TPSA) is 41.1 Å². The third-order valence-electron chi connectivity index (χ3n) is 3.92. The van der Waals surface area contributed by atoms with E-state index in [1.54, 1.807) is 6.92 Å². The zero-order valence-electron chi connectivity index (χ0n) is 11.8. The van der Waals surface area contributed by atoms with E-state index < -0.39 is 23.1 Å². The molecule has 5 heteroatoms. The van der Waals surface area contributed by atoms with E-state index in [0.717, 1.165) is 25.5 Å². The van der Waals surface area contributed by atoms with Crippen molar-refractivity contribution in [3.8, 4) is 0 Å². The van der Waals surface area contributed by atoms with Crippen LogP contribution in [0.3, 0.4) is 0 Å². The molecule has 0 bridgehead atoms. The normalized spacial score (nSPS) is 24.2. The lowest BCUT2D eigenvalue weighted by Crippen LogP contribution is -2.49. The summed E-state index contributed by atoms with van der Waals surface area (Å²) >= 11 is 0. The molecular weight excluding hydrogens is 262 g/mol. The predicted octanol–water partition coefficient (Wildman–Crippen LogP) is 2.53. The number of hydrogen-bond donors (Lipinski definition) is 2. The first-order valence-electron chi connectivity index (χ1n) is 6.89. The fourth-order valence-corrected chi connectivity index (χ4v) is 2.55. The van der Waals surface area contributed by atoms with Gasteiger partial charge < -0.3 is 10.6 Å². The molecule has 110 valence electrons. The summed E-state index contributed by atoms with van der Waals surface area (Å²) in [5.74, 6) is -1.35. The number of carbonyl (C=O) groups is 1. The van der Waals surface area contributed by atoms with Gasteiger partial charge in [0.15, 0.2) is 0 Å². The molecule has 1 aliphatic heterocycles. The lowest BCUT2D eigenvalue weighted by Gasteiger charge is -2.33. The summed E-state index contributed by atoms with van der Waals surface area (Å²) < 4.78 is 26.6. The molecule has 0 saturated carbocycles. The number of hydrogen-bond acceptors (Lipinski definition) is 2. The smallest absolute Gasteiger partial charge is 0.227 e. The lowest BCUT2D eigenvalue weighted by atomic mass is 9.81. The predicted molar refractivity (Wildman–Crippen MR) is 73.1 cm³/mol. The van der Waals surface area contributed by atoms with Crippen molar-refractivity contribution in [3.63, 3.8) is 0 Å². The van der Waals surface area contributed by atoms with Gasteiger partial charge in [0.2, 0.25) is 5.91 Å². The summed E-state index contributed by atoms with van der Waals surface area (Å²) in [6.45, 7) is 5.15. The number of nitrogens with one attached hydrogen (secondary N) is 2. The van der Waals surface area contributed by atoms with Crippen molar-refractivity contribution in [2.75, 3.05) is 13.1 Å². The average Bonchev–Trinajstić information content (AvgIpc) is 2.39. The molecule has 1 aromatic carbocycles. The van der Waals surface area contributed by atoms with E-state index in [1.807, 2.05) is 6.92 Å². The van der Waals surface area contributed by atoms with Gasteiger partial charge in [0.1, 0.15) is 11.6 Å². The summed E-state index contributed by atoms with van der Waals surface area (Å²) in [5, 5.41) is 6.03. The summed E-state index contributed by atoms with van der Waals surface area (Å²) in [7, 11) is 0. The van der Waals surface area contributed by atoms with Gasteiger partial charge in [-0.1, -0.05) is 6.07 Å². The molecule has 1 aromatic rings. The fraction of sp³-hybridized carbons (Fsp3) is 0.533. The molecule has 20 heavy (non-hydrogen) atoms. The maximum absolute atomic E-state index is 13.7. The van der Waals surface area contributed by atoms with Gasteiger partial charge in [0.25, 0.3) is 0 Å². The Kier molecular flexibility index (Phi) is 4.38. The molecule has 0 aliphatic carbocycles. The van der Waals surface area contributed by atoms with Crippen LogP contribution in [0.4, 0.5) is 8.78 Å². The van der Waals surface area contributed by atoms with Crippen LogP contribution in [-0.4, -0.2) is 19.0 Å². The molecule has 0 spiro atoms. The summed E-state index contributed by atoms with van der Waals surface area (Å²) in [6, 6.07) is 2.92. The number of piperidine rings is 1. The van der Waals surface area contributed by atoms with E-state index >= 15 is 0 Å². The van der Waals surface area contributed by atoms with Gasteiger partial charge in [-0.15, -0.1) is 0 Å². The van der Waals surface area contributed by atoms with Crippen LogP contribution in [0, 0.1) is 17.0 Å². The third kappa shape index (κ3) is 3.15. The van der Waals surface area contributed by atoms with Crippen molar-refractivity contribution in [2.24, 2.45) is 5.41 Å². The second kappa shape index (κ2) is 5.87. The molecule has 2 rings (SSSR count). The molecule has 2 unspecified atom stereocenters. The number of benzene rings is 1. The first-order valence-corrected chi connectivity index (χ1v) is 6.89. The summed E-state index contributed by atoms with van der Waals surface area (Å²) in [5.41, 5.74) is -0.171. The van der Waals surface area contributed by atoms with Crippen molar-refractivity contribution >= 4 is 5.91 Å².